The smallest absolute Gasteiger partial charge is 0.316 e. The van der Waals surface area contributed by atoms with Gasteiger partial charge in [-0.25, -0.2) is 18.3 Å². The van der Waals surface area contributed by atoms with Crippen molar-refractivity contribution in [2.45, 2.75) is 84.9 Å². The van der Waals surface area contributed by atoms with Crippen molar-refractivity contribution in [3.63, 3.8) is 0 Å². The summed E-state index contributed by atoms with van der Waals surface area (Å²) in [6.07, 6.45) is 3.08. The number of nitrogens with one attached hydrogen (secondary N) is 1. The third-order valence-electron chi connectivity index (χ3n) is 7.97. The molecule has 0 radical (unpaired) electrons. The van der Waals surface area contributed by atoms with Gasteiger partial charge in [-0.15, -0.1) is 0 Å². The van der Waals surface area contributed by atoms with Gasteiger partial charge >= 0.3 is 6.03 Å². The van der Waals surface area contributed by atoms with Gasteiger partial charge < -0.3 is 16.2 Å². The molecule has 210 valence electrons. The fraction of sp³-hybridized carbons (Fsp3) is 0.467. The third kappa shape index (κ3) is 5.43. The summed E-state index contributed by atoms with van der Waals surface area (Å²) in [4.78, 5) is 13.5. The first-order valence-electron chi connectivity index (χ1n) is 13.7. The van der Waals surface area contributed by atoms with Crippen LogP contribution in [-0.2, 0) is 25.8 Å². The molecule has 0 aliphatic carbocycles. The van der Waals surface area contributed by atoms with Crippen molar-refractivity contribution in [2.75, 3.05) is 11.9 Å². The Balaban J connectivity index is 1.96. The van der Waals surface area contributed by atoms with Gasteiger partial charge in [0.05, 0.1) is 28.9 Å². The summed E-state index contributed by atoms with van der Waals surface area (Å²) in [5.41, 5.74) is 9.46. The number of carbonyl (C=O) groups excluding carboxylic acids is 1. The molecule has 9 heteroatoms. The number of aromatic nitrogens is 2. The first-order chi connectivity index (χ1) is 18.5. The van der Waals surface area contributed by atoms with Crippen molar-refractivity contribution in [1.29, 1.82) is 0 Å². The van der Waals surface area contributed by atoms with Crippen LogP contribution in [0.5, 0.6) is 0 Å². The van der Waals surface area contributed by atoms with Crippen molar-refractivity contribution in [3.05, 3.63) is 64.4 Å². The lowest BCUT2D eigenvalue weighted by Crippen LogP contribution is -2.53. The molecule has 1 atom stereocenters. The van der Waals surface area contributed by atoms with Crippen LogP contribution in [0.1, 0.15) is 69.8 Å². The van der Waals surface area contributed by atoms with Gasteiger partial charge in [-0.3, -0.25) is 4.90 Å². The number of fused-ring (bicyclic) bond motifs is 1. The van der Waals surface area contributed by atoms with Gasteiger partial charge in [-0.05, 0) is 50.3 Å². The molecule has 4 rings (SSSR count). The number of aryl methyl sites for hydroxylation is 2. The minimum absolute atomic E-state index is 0.0537. The van der Waals surface area contributed by atoms with Crippen LogP contribution in [0, 0.1) is 11.6 Å². The number of nitrogens with two attached hydrogens (primary N) is 1. The molecule has 2 heterocycles. The molecule has 0 saturated carbocycles. The zero-order valence-corrected chi connectivity index (χ0v) is 23.4. The molecule has 39 heavy (non-hydrogen) atoms. The zero-order chi connectivity index (χ0) is 28.5. The molecule has 1 aliphatic heterocycles. The average Bonchev–Trinajstić information content (AvgIpc) is 3.27. The number of amides is 2. The van der Waals surface area contributed by atoms with Crippen LogP contribution in [-0.4, -0.2) is 44.0 Å². The van der Waals surface area contributed by atoms with Crippen molar-refractivity contribution >= 4 is 11.7 Å². The second-order valence-electron chi connectivity index (χ2n) is 10.7. The second-order valence-corrected chi connectivity index (χ2v) is 10.7. The summed E-state index contributed by atoms with van der Waals surface area (Å²) in [5.74, 6) is -1.49. The van der Waals surface area contributed by atoms with Crippen molar-refractivity contribution in [1.82, 2.24) is 14.7 Å². The highest BCUT2D eigenvalue weighted by atomic mass is 19.1. The van der Waals surface area contributed by atoms with Crippen molar-refractivity contribution in [2.24, 2.45) is 5.73 Å². The van der Waals surface area contributed by atoms with E-state index in [4.69, 9.17) is 10.8 Å². The predicted molar refractivity (Wildman–Crippen MR) is 150 cm³/mol. The maximum Gasteiger partial charge on any atom is 0.316 e. The Labute approximate surface area is 229 Å². The quantitative estimate of drug-likeness (QED) is 0.324. The van der Waals surface area contributed by atoms with E-state index in [1.54, 1.807) is 4.68 Å². The van der Waals surface area contributed by atoms with E-state index in [-0.39, 0.29) is 11.3 Å². The SMILES string of the molecule is CCCC(O)C(C)(C)N1CCc2nn(-c3c(CC)cccc3CC)c(-c3cc(F)c(NC(N)=O)cc3F)c2C1. The van der Waals surface area contributed by atoms with E-state index in [0.717, 1.165) is 59.5 Å². The molecule has 0 fully saturated rings. The number of aliphatic hydroxyl groups excluding tert-OH is 1. The number of halogens is 2. The lowest BCUT2D eigenvalue weighted by Gasteiger charge is -2.43. The van der Waals surface area contributed by atoms with Crippen molar-refractivity contribution < 1.29 is 18.7 Å². The molecular formula is C30H39F2N5O2. The van der Waals surface area contributed by atoms with Gasteiger partial charge in [-0.1, -0.05) is 45.4 Å². The predicted octanol–water partition coefficient (Wildman–Crippen LogP) is 5.73. The van der Waals surface area contributed by atoms with Gasteiger partial charge in [0.1, 0.15) is 11.6 Å². The number of rotatable bonds is 9. The molecule has 0 saturated heterocycles. The zero-order valence-electron chi connectivity index (χ0n) is 23.4. The molecule has 1 unspecified atom stereocenters. The number of hydrogen-bond acceptors (Lipinski definition) is 4. The molecule has 3 aromatic rings. The largest absolute Gasteiger partial charge is 0.391 e. The minimum atomic E-state index is -0.976. The Bertz CT molecular complexity index is 1350. The number of anilines is 1. The Morgan fingerprint density at radius 1 is 1.15 bits per heavy atom. The number of carbonyl (C=O) groups is 1. The monoisotopic (exact) mass is 539 g/mol. The van der Waals surface area contributed by atoms with Gasteiger partial charge in [-0.2, -0.15) is 5.10 Å². The van der Waals surface area contributed by atoms with Crippen LogP contribution in [0.3, 0.4) is 0 Å². The van der Waals surface area contributed by atoms with Crippen LogP contribution >= 0.6 is 0 Å². The minimum Gasteiger partial charge on any atom is -0.391 e. The summed E-state index contributed by atoms with van der Waals surface area (Å²) < 4.78 is 32.7. The van der Waals surface area contributed by atoms with E-state index in [1.165, 1.54) is 0 Å². The summed E-state index contributed by atoms with van der Waals surface area (Å²) in [5, 5.41) is 18.1. The number of aliphatic hydroxyl groups is 1. The number of nitrogens with zero attached hydrogens (tertiary/aromatic N) is 3. The maximum absolute atomic E-state index is 15.8. The number of benzene rings is 2. The number of urea groups is 1. The normalized spacial score (nSPS) is 14.8. The van der Waals surface area contributed by atoms with Crippen LogP contribution in [0.2, 0.25) is 0 Å². The molecule has 4 N–H and O–H groups in total. The summed E-state index contributed by atoms with van der Waals surface area (Å²) in [6.45, 7) is 11.3. The molecule has 2 amide bonds. The highest BCUT2D eigenvalue weighted by molar-refractivity contribution is 5.88. The van der Waals surface area contributed by atoms with Gasteiger partial charge in [0.2, 0.25) is 0 Å². The molecule has 1 aromatic heterocycles. The van der Waals surface area contributed by atoms with Crippen molar-refractivity contribution in [3.8, 4) is 16.9 Å². The number of hydrogen-bond donors (Lipinski definition) is 3. The van der Waals surface area contributed by atoms with Gasteiger partial charge in [0, 0.05) is 42.2 Å². The topological polar surface area (TPSA) is 96.4 Å². The third-order valence-corrected chi connectivity index (χ3v) is 7.97. The van der Waals surface area contributed by atoms with Crippen LogP contribution in [0.25, 0.3) is 16.9 Å². The first kappa shape index (κ1) is 28.7. The Morgan fingerprint density at radius 2 is 1.82 bits per heavy atom. The highest BCUT2D eigenvalue weighted by Gasteiger charge is 2.38. The molecule has 0 bridgehead atoms. The molecule has 0 spiro atoms. The summed E-state index contributed by atoms with van der Waals surface area (Å²) >= 11 is 0. The fourth-order valence-corrected chi connectivity index (χ4v) is 5.59. The Kier molecular flexibility index (Phi) is 8.42. The number of primary amides is 1. The molecule has 2 aromatic carbocycles. The van der Waals surface area contributed by atoms with E-state index in [2.05, 4.69) is 24.1 Å². The summed E-state index contributed by atoms with van der Waals surface area (Å²) in [7, 11) is 0. The fourth-order valence-electron chi connectivity index (χ4n) is 5.59. The maximum atomic E-state index is 15.8. The lowest BCUT2D eigenvalue weighted by molar-refractivity contribution is -0.0220. The standard InChI is InChI=1S/C30H39F2N5O2/c1-6-10-26(38)30(4,5)36-14-13-24-21(17-36)28(20-15-23(32)25(16-22(20)31)34-29(33)39)37(35-24)27-18(7-2)11-9-12-19(27)8-3/h9,11-12,15-16,26,38H,6-8,10,13-14,17H2,1-5H3,(H3,33,34,39). The van der Waals surface area contributed by atoms with Crippen LogP contribution < -0.4 is 11.1 Å². The Hall–Kier alpha value is -3.30. The highest BCUT2D eigenvalue weighted by Crippen LogP contribution is 2.39. The molecular weight excluding hydrogens is 500 g/mol. The lowest BCUT2D eigenvalue weighted by atomic mass is 9.88. The van der Waals surface area contributed by atoms with Crippen LogP contribution in [0.4, 0.5) is 19.3 Å². The number of para-hydroxylation sites is 1. The second kappa shape index (κ2) is 11.4. The average molecular weight is 540 g/mol. The summed E-state index contributed by atoms with van der Waals surface area (Å²) in [6, 6.07) is 7.16. The van der Waals surface area contributed by atoms with E-state index in [0.29, 0.717) is 31.6 Å². The first-order valence-corrected chi connectivity index (χ1v) is 13.7. The van der Waals surface area contributed by atoms with Gasteiger partial charge in [0.15, 0.2) is 0 Å². The Morgan fingerprint density at radius 3 is 2.41 bits per heavy atom. The van der Waals surface area contributed by atoms with Gasteiger partial charge in [0.25, 0.3) is 0 Å². The molecule has 1 aliphatic rings. The van der Waals surface area contributed by atoms with E-state index < -0.39 is 29.3 Å². The van der Waals surface area contributed by atoms with E-state index in [1.807, 2.05) is 39.0 Å². The molecule has 7 nitrogen and oxygen atoms in total. The van der Waals surface area contributed by atoms with E-state index in [9.17, 15) is 9.90 Å². The van der Waals surface area contributed by atoms with E-state index >= 15 is 8.78 Å². The van der Waals surface area contributed by atoms with Crippen LogP contribution in [0.15, 0.2) is 30.3 Å².